The molecule has 0 saturated heterocycles. The molecule has 0 spiro atoms. The molecule has 1 heterocycles. The van der Waals surface area contributed by atoms with Crippen molar-refractivity contribution in [2.75, 3.05) is 5.32 Å². The number of anilines is 1. The fourth-order valence-electron chi connectivity index (χ4n) is 2.33. The van der Waals surface area contributed by atoms with Gasteiger partial charge in [-0.15, -0.1) is 11.3 Å². The van der Waals surface area contributed by atoms with Crippen molar-refractivity contribution in [2.45, 2.75) is 13.1 Å². The molecule has 0 radical (unpaired) electrons. The zero-order valence-electron chi connectivity index (χ0n) is 13.9. The zero-order valence-corrected chi connectivity index (χ0v) is 16.3. The summed E-state index contributed by atoms with van der Waals surface area (Å²) < 4.78 is 40.6. The maximum absolute atomic E-state index is 12.7. The van der Waals surface area contributed by atoms with Gasteiger partial charge in [-0.2, -0.15) is 18.2 Å². The standard InChI is InChI=1S/C18H13BrF3N3OS/c1-11-10-25(15-7-5-12(6-8-15)18(20,21)22)17(27-11)24-16(26)23-14-4-2-3-13(19)9-14/h2-10H,1H3,(H,23,26)/b24-17-. The molecule has 2 amide bonds. The topological polar surface area (TPSA) is 46.4 Å². The van der Waals surface area contributed by atoms with E-state index in [9.17, 15) is 18.0 Å². The minimum absolute atomic E-state index is 0.361. The van der Waals surface area contributed by atoms with Gasteiger partial charge < -0.3 is 5.32 Å². The van der Waals surface area contributed by atoms with Gasteiger partial charge in [-0.25, -0.2) is 4.79 Å². The average molecular weight is 456 g/mol. The molecular weight excluding hydrogens is 443 g/mol. The molecule has 0 saturated carbocycles. The van der Waals surface area contributed by atoms with Crippen molar-refractivity contribution in [3.05, 3.63) is 74.4 Å². The first kappa shape index (κ1) is 19.4. The zero-order chi connectivity index (χ0) is 19.6. The number of benzene rings is 2. The van der Waals surface area contributed by atoms with E-state index >= 15 is 0 Å². The first-order valence-corrected chi connectivity index (χ1v) is 9.31. The fraction of sp³-hybridized carbons (Fsp3) is 0.111. The van der Waals surface area contributed by atoms with Crippen molar-refractivity contribution in [3.63, 3.8) is 0 Å². The van der Waals surface area contributed by atoms with Crippen LogP contribution in [0.15, 0.2) is 64.2 Å². The number of thiazole rings is 1. The van der Waals surface area contributed by atoms with Crippen molar-refractivity contribution in [1.29, 1.82) is 0 Å². The van der Waals surface area contributed by atoms with E-state index < -0.39 is 17.8 Å². The highest BCUT2D eigenvalue weighted by molar-refractivity contribution is 9.10. The van der Waals surface area contributed by atoms with Gasteiger partial charge in [0.15, 0.2) is 4.80 Å². The molecule has 140 valence electrons. The van der Waals surface area contributed by atoms with Crippen LogP contribution in [-0.2, 0) is 6.18 Å². The van der Waals surface area contributed by atoms with Crippen LogP contribution >= 0.6 is 27.3 Å². The van der Waals surface area contributed by atoms with Gasteiger partial charge in [0.2, 0.25) is 0 Å². The van der Waals surface area contributed by atoms with E-state index in [0.717, 1.165) is 21.5 Å². The van der Waals surface area contributed by atoms with Crippen LogP contribution in [0.3, 0.4) is 0 Å². The smallest absolute Gasteiger partial charge is 0.306 e. The van der Waals surface area contributed by atoms with Crippen LogP contribution in [0.1, 0.15) is 10.4 Å². The highest BCUT2D eigenvalue weighted by atomic mass is 79.9. The van der Waals surface area contributed by atoms with Gasteiger partial charge >= 0.3 is 12.2 Å². The lowest BCUT2D eigenvalue weighted by Gasteiger charge is -2.08. The predicted octanol–water partition coefficient (Wildman–Crippen LogP) is 5.76. The van der Waals surface area contributed by atoms with Gasteiger partial charge in [0, 0.05) is 26.9 Å². The molecule has 0 unspecified atom stereocenters. The molecule has 4 nitrogen and oxygen atoms in total. The number of nitrogens with one attached hydrogen (secondary N) is 1. The molecule has 0 bridgehead atoms. The van der Waals surface area contributed by atoms with E-state index in [4.69, 9.17) is 0 Å². The van der Waals surface area contributed by atoms with Crippen molar-refractivity contribution in [3.8, 4) is 5.69 Å². The van der Waals surface area contributed by atoms with Crippen LogP contribution in [-0.4, -0.2) is 10.6 Å². The van der Waals surface area contributed by atoms with Gasteiger partial charge in [0.05, 0.1) is 5.56 Å². The number of hydrogen-bond donors (Lipinski definition) is 1. The number of nitrogens with zero attached hydrogens (tertiary/aromatic N) is 2. The quantitative estimate of drug-likeness (QED) is 0.524. The molecule has 0 fully saturated rings. The Morgan fingerprint density at radius 1 is 1.19 bits per heavy atom. The number of aryl methyl sites for hydroxylation is 1. The summed E-state index contributed by atoms with van der Waals surface area (Å²) in [6.07, 6.45) is -2.68. The number of aromatic nitrogens is 1. The number of urea groups is 1. The molecule has 0 aliphatic heterocycles. The number of alkyl halides is 3. The Balaban J connectivity index is 1.91. The third-order valence-corrected chi connectivity index (χ3v) is 4.91. The summed E-state index contributed by atoms with van der Waals surface area (Å²) in [6.45, 7) is 1.83. The normalized spacial score (nSPS) is 12.3. The van der Waals surface area contributed by atoms with Crippen molar-refractivity contribution in [1.82, 2.24) is 4.57 Å². The van der Waals surface area contributed by atoms with Gasteiger partial charge in [0.25, 0.3) is 0 Å². The molecule has 2 aromatic carbocycles. The summed E-state index contributed by atoms with van der Waals surface area (Å²) in [7, 11) is 0. The summed E-state index contributed by atoms with van der Waals surface area (Å²) in [5, 5.41) is 2.66. The third-order valence-electron chi connectivity index (χ3n) is 3.52. The molecule has 1 aromatic heterocycles. The molecule has 0 aliphatic rings. The Morgan fingerprint density at radius 2 is 1.89 bits per heavy atom. The van der Waals surface area contributed by atoms with E-state index in [0.29, 0.717) is 16.2 Å². The van der Waals surface area contributed by atoms with Crippen molar-refractivity contribution >= 4 is 39.0 Å². The minimum Gasteiger partial charge on any atom is -0.306 e. The number of carbonyl (C=O) groups is 1. The van der Waals surface area contributed by atoms with Gasteiger partial charge in [0.1, 0.15) is 0 Å². The maximum Gasteiger partial charge on any atom is 0.416 e. The summed E-state index contributed by atoms with van der Waals surface area (Å²) in [6, 6.07) is 11.2. The van der Waals surface area contributed by atoms with Gasteiger partial charge in [-0.3, -0.25) is 4.57 Å². The van der Waals surface area contributed by atoms with Crippen molar-refractivity contribution < 1.29 is 18.0 Å². The monoisotopic (exact) mass is 455 g/mol. The number of rotatable bonds is 2. The Bertz CT molecular complexity index is 1040. The lowest BCUT2D eigenvalue weighted by atomic mass is 10.2. The van der Waals surface area contributed by atoms with E-state index in [-0.39, 0.29) is 0 Å². The average Bonchev–Trinajstić information content (AvgIpc) is 2.94. The van der Waals surface area contributed by atoms with Crippen LogP contribution in [0.25, 0.3) is 5.69 Å². The Morgan fingerprint density at radius 3 is 2.52 bits per heavy atom. The number of amides is 2. The summed E-state index contributed by atoms with van der Waals surface area (Å²) in [5.41, 5.74) is 0.332. The molecule has 1 N–H and O–H groups in total. The van der Waals surface area contributed by atoms with Gasteiger partial charge in [-0.05, 0) is 49.4 Å². The minimum atomic E-state index is -4.40. The largest absolute Gasteiger partial charge is 0.416 e. The van der Waals surface area contributed by atoms with Crippen LogP contribution in [0, 0.1) is 6.92 Å². The second-order valence-electron chi connectivity index (χ2n) is 5.59. The Hall–Kier alpha value is -2.39. The SMILES string of the molecule is Cc1cn(-c2ccc(C(F)(F)F)cc2)/c(=N/C(=O)Nc2cccc(Br)c2)s1. The number of hydrogen-bond acceptors (Lipinski definition) is 2. The Kier molecular flexibility index (Phi) is 5.52. The molecule has 9 heteroatoms. The van der Waals surface area contributed by atoms with E-state index in [1.54, 1.807) is 29.0 Å². The van der Waals surface area contributed by atoms with Crippen LogP contribution in [0.2, 0.25) is 0 Å². The predicted molar refractivity (Wildman–Crippen MR) is 102 cm³/mol. The second kappa shape index (κ2) is 7.69. The lowest BCUT2D eigenvalue weighted by molar-refractivity contribution is -0.137. The summed E-state index contributed by atoms with van der Waals surface area (Å²) in [4.78, 5) is 17.5. The van der Waals surface area contributed by atoms with E-state index in [2.05, 4.69) is 26.2 Å². The van der Waals surface area contributed by atoms with E-state index in [1.165, 1.54) is 23.5 Å². The highest BCUT2D eigenvalue weighted by Crippen LogP contribution is 2.29. The first-order valence-electron chi connectivity index (χ1n) is 7.70. The van der Waals surface area contributed by atoms with Crippen LogP contribution in [0.4, 0.5) is 23.7 Å². The van der Waals surface area contributed by atoms with Crippen molar-refractivity contribution in [2.24, 2.45) is 4.99 Å². The lowest BCUT2D eigenvalue weighted by Crippen LogP contribution is -2.17. The third kappa shape index (κ3) is 4.86. The molecule has 3 rings (SSSR count). The fourth-order valence-corrected chi connectivity index (χ4v) is 3.56. The number of halogens is 4. The Labute approximate surface area is 165 Å². The van der Waals surface area contributed by atoms with Crippen LogP contribution < -0.4 is 10.1 Å². The summed E-state index contributed by atoms with van der Waals surface area (Å²) >= 11 is 4.59. The molecule has 27 heavy (non-hydrogen) atoms. The first-order chi connectivity index (χ1) is 12.7. The highest BCUT2D eigenvalue weighted by Gasteiger charge is 2.30. The molecular formula is C18H13BrF3N3OS. The maximum atomic E-state index is 12.7. The molecule has 3 aromatic rings. The molecule has 0 atom stereocenters. The summed E-state index contributed by atoms with van der Waals surface area (Å²) in [5.74, 6) is 0. The van der Waals surface area contributed by atoms with Crippen LogP contribution in [0.5, 0.6) is 0 Å². The molecule has 0 aliphatic carbocycles. The number of carbonyl (C=O) groups excluding carboxylic acids is 1. The second-order valence-corrected chi connectivity index (χ2v) is 7.72. The van der Waals surface area contributed by atoms with E-state index in [1.807, 2.05) is 13.0 Å². The van der Waals surface area contributed by atoms with Gasteiger partial charge in [-0.1, -0.05) is 22.0 Å².